The van der Waals surface area contributed by atoms with E-state index in [2.05, 4.69) is 20.0 Å². The number of halogens is 1. The molecule has 8 heteroatoms. The number of nitrogens with zero attached hydrogens (tertiary/aromatic N) is 7. The third-order valence-corrected chi connectivity index (χ3v) is 3.72. The molecule has 0 unspecified atom stereocenters. The summed E-state index contributed by atoms with van der Waals surface area (Å²) < 4.78 is 5.95. The number of rotatable bonds is 6. The standard InChI is InChI=1S/C13H18ClN7/c1-10-12-13(19(2)17-10)21(11(16-12)4-5-14)8-3-7-20-9-6-15-18-20/h6,9H,3-5,7-8H2,1-2H3. The summed E-state index contributed by atoms with van der Waals surface area (Å²) in [5.74, 6) is 1.59. The highest BCUT2D eigenvalue weighted by Gasteiger charge is 2.16. The maximum atomic E-state index is 5.90. The Morgan fingerprint density at radius 3 is 2.86 bits per heavy atom. The van der Waals surface area contributed by atoms with Crippen molar-refractivity contribution in [2.45, 2.75) is 32.9 Å². The Labute approximate surface area is 127 Å². The van der Waals surface area contributed by atoms with Crippen LogP contribution in [-0.2, 0) is 26.6 Å². The van der Waals surface area contributed by atoms with E-state index < -0.39 is 0 Å². The molecule has 3 aromatic rings. The van der Waals surface area contributed by atoms with E-state index in [0.29, 0.717) is 5.88 Å². The summed E-state index contributed by atoms with van der Waals surface area (Å²) in [6.45, 7) is 3.68. The van der Waals surface area contributed by atoms with E-state index in [1.165, 1.54) is 0 Å². The molecule has 0 radical (unpaired) electrons. The lowest BCUT2D eigenvalue weighted by atomic mass is 10.4. The molecule has 3 aromatic heterocycles. The molecule has 3 heterocycles. The molecule has 0 spiro atoms. The summed E-state index contributed by atoms with van der Waals surface area (Å²) in [5.41, 5.74) is 2.99. The summed E-state index contributed by atoms with van der Waals surface area (Å²) in [6.07, 6.45) is 5.28. The van der Waals surface area contributed by atoms with E-state index in [1.54, 1.807) is 6.20 Å². The van der Waals surface area contributed by atoms with Crippen molar-refractivity contribution in [3.63, 3.8) is 0 Å². The van der Waals surface area contributed by atoms with Crippen LogP contribution >= 0.6 is 11.6 Å². The van der Waals surface area contributed by atoms with Crippen LogP contribution in [0.4, 0.5) is 0 Å². The highest BCUT2D eigenvalue weighted by atomic mass is 35.5. The first-order chi connectivity index (χ1) is 10.2. The SMILES string of the molecule is Cc1nn(C)c2c1nc(CCCl)n2CCCn1ccnn1. The van der Waals surface area contributed by atoms with Crippen LogP contribution in [0, 0.1) is 6.92 Å². The van der Waals surface area contributed by atoms with E-state index in [4.69, 9.17) is 16.6 Å². The van der Waals surface area contributed by atoms with Crippen molar-refractivity contribution >= 4 is 22.8 Å². The van der Waals surface area contributed by atoms with E-state index in [-0.39, 0.29) is 0 Å². The van der Waals surface area contributed by atoms with E-state index in [1.807, 2.05) is 29.5 Å². The summed E-state index contributed by atoms with van der Waals surface area (Å²) in [5, 5.41) is 12.2. The molecule has 3 rings (SSSR count). The zero-order chi connectivity index (χ0) is 14.8. The second kappa shape index (κ2) is 5.85. The minimum atomic E-state index is 0.568. The van der Waals surface area contributed by atoms with Crippen molar-refractivity contribution in [2.24, 2.45) is 7.05 Å². The predicted octanol–water partition coefficient (Wildman–Crippen LogP) is 1.54. The Hall–Kier alpha value is -1.89. The van der Waals surface area contributed by atoms with Crippen molar-refractivity contribution in [3.8, 4) is 0 Å². The van der Waals surface area contributed by atoms with Gasteiger partial charge in [-0.05, 0) is 13.3 Å². The van der Waals surface area contributed by atoms with Crippen molar-refractivity contribution in [3.05, 3.63) is 23.9 Å². The molecule has 0 saturated carbocycles. The number of fused-ring (bicyclic) bond motifs is 1. The Bertz CT molecular complexity index is 725. The maximum Gasteiger partial charge on any atom is 0.158 e. The third-order valence-electron chi connectivity index (χ3n) is 3.53. The van der Waals surface area contributed by atoms with Crippen molar-refractivity contribution in [2.75, 3.05) is 5.88 Å². The van der Waals surface area contributed by atoms with Gasteiger partial charge in [-0.15, -0.1) is 16.7 Å². The molecule has 0 bridgehead atoms. The van der Waals surface area contributed by atoms with Gasteiger partial charge in [0.15, 0.2) is 5.65 Å². The fourth-order valence-corrected chi connectivity index (χ4v) is 2.80. The van der Waals surface area contributed by atoms with Crippen molar-refractivity contribution in [1.29, 1.82) is 0 Å². The van der Waals surface area contributed by atoms with Gasteiger partial charge in [-0.25, -0.2) is 4.98 Å². The number of alkyl halides is 1. The van der Waals surface area contributed by atoms with E-state index in [0.717, 1.165) is 48.6 Å². The van der Waals surface area contributed by atoms with Crippen molar-refractivity contribution in [1.82, 2.24) is 34.3 Å². The Morgan fingerprint density at radius 2 is 2.14 bits per heavy atom. The highest BCUT2D eigenvalue weighted by molar-refractivity contribution is 6.17. The number of aryl methyl sites for hydroxylation is 5. The Kier molecular flexibility index (Phi) is 3.92. The van der Waals surface area contributed by atoms with Gasteiger partial charge in [0.1, 0.15) is 11.3 Å². The first kappa shape index (κ1) is 14.1. The molecule has 0 fully saturated rings. The third kappa shape index (κ3) is 2.65. The molecule has 0 amide bonds. The summed E-state index contributed by atoms with van der Waals surface area (Å²) in [7, 11) is 1.95. The topological polar surface area (TPSA) is 66.3 Å². The summed E-state index contributed by atoms with van der Waals surface area (Å²) >= 11 is 5.90. The monoisotopic (exact) mass is 307 g/mol. The largest absolute Gasteiger partial charge is 0.313 e. The van der Waals surface area contributed by atoms with Gasteiger partial charge in [-0.2, -0.15) is 5.10 Å². The predicted molar refractivity (Wildman–Crippen MR) is 80.3 cm³/mol. The molecular formula is C13H18ClN7. The molecule has 0 aliphatic carbocycles. The Balaban J connectivity index is 1.85. The lowest BCUT2D eigenvalue weighted by Gasteiger charge is -2.09. The Morgan fingerprint density at radius 1 is 1.29 bits per heavy atom. The normalized spacial score (nSPS) is 11.6. The smallest absolute Gasteiger partial charge is 0.158 e. The lowest BCUT2D eigenvalue weighted by Crippen LogP contribution is -2.10. The van der Waals surface area contributed by atoms with Gasteiger partial charge in [0.2, 0.25) is 0 Å². The van der Waals surface area contributed by atoms with Crippen LogP contribution in [-0.4, -0.2) is 40.2 Å². The lowest BCUT2D eigenvalue weighted by molar-refractivity contribution is 0.508. The molecule has 0 aromatic carbocycles. The first-order valence-electron chi connectivity index (χ1n) is 6.99. The summed E-state index contributed by atoms with van der Waals surface area (Å²) in [4.78, 5) is 4.70. The summed E-state index contributed by atoms with van der Waals surface area (Å²) in [6, 6.07) is 0. The number of imidazole rings is 1. The fraction of sp³-hybridized carbons (Fsp3) is 0.538. The molecule has 0 atom stereocenters. The molecule has 7 nitrogen and oxygen atoms in total. The van der Waals surface area contributed by atoms with Crippen LogP contribution in [0.5, 0.6) is 0 Å². The number of aromatic nitrogens is 7. The second-order valence-corrected chi connectivity index (χ2v) is 5.40. The van der Waals surface area contributed by atoms with Crippen LogP contribution in [0.25, 0.3) is 11.2 Å². The van der Waals surface area contributed by atoms with Gasteiger partial charge < -0.3 is 4.57 Å². The molecule has 21 heavy (non-hydrogen) atoms. The minimum absolute atomic E-state index is 0.568. The van der Waals surface area contributed by atoms with Gasteiger partial charge in [0.05, 0.1) is 11.9 Å². The zero-order valence-electron chi connectivity index (χ0n) is 12.2. The van der Waals surface area contributed by atoms with Crippen LogP contribution in [0.15, 0.2) is 12.4 Å². The van der Waals surface area contributed by atoms with Crippen LogP contribution in [0.3, 0.4) is 0 Å². The van der Waals surface area contributed by atoms with Gasteiger partial charge in [0.25, 0.3) is 0 Å². The van der Waals surface area contributed by atoms with Gasteiger partial charge >= 0.3 is 0 Å². The average Bonchev–Trinajstić information content (AvgIpc) is 3.13. The molecule has 0 aliphatic heterocycles. The average molecular weight is 308 g/mol. The van der Waals surface area contributed by atoms with Gasteiger partial charge in [-0.1, -0.05) is 5.21 Å². The molecule has 0 aliphatic rings. The molecule has 0 saturated heterocycles. The molecule has 0 N–H and O–H groups in total. The number of hydrogen-bond donors (Lipinski definition) is 0. The van der Waals surface area contributed by atoms with E-state index >= 15 is 0 Å². The van der Waals surface area contributed by atoms with Crippen LogP contribution in [0.2, 0.25) is 0 Å². The second-order valence-electron chi connectivity index (χ2n) is 5.02. The van der Waals surface area contributed by atoms with Gasteiger partial charge in [0, 0.05) is 38.6 Å². The molecular weight excluding hydrogens is 290 g/mol. The molecule has 112 valence electrons. The van der Waals surface area contributed by atoms with Crippen molar-refractivity contribution < 1.29 is 0 Å². The van der Waals surface area contributed by atoms with Crippen LogP contribution in [0.1, 0.15) is 17.9 Å². The fourth-order valence-electron chi connectivity index (χ4n) is 2.63. The number of hydrogen-bond acceptors (Lipinski definition) is 4. The van der Waals surface area contributed by atoms with E-state index in [9.17, 15) is 0 Å². The van der Waals surface area contributed by atoms with Gasteiger partial charge in [-0.3, -0.25) is 9.36 Å². The van der Waals surface area contributed by atoms with Crippen LogP contribution < -0.4 is 0 Å². The first-order valence-corrected chi connectivity index (χ1v) is 7.53. The zero-order valence-corrected chi connectivity index (χ0v) is 13.0. The maximum absolute atomic E-state index is 5.90. The minimum Gasteiger partial charge on any atom is -0.313 e. The highest BCUT2D eigenvalue weighted by Crippen LogP contribution is 2.20. The quantitative estimate of drug-likeness (QED) is 0.648.